The molecule has 0 aliphatic heterocycles. The summed E-state index contributed by atoms with van der Waals surface area (Å²) in [5.41, 5.74) is -0.851. The highest BCUT2D eigenvalue weighted by Gasteiger charge is 2.28. The average Bonchev–Trinajstić information content (AvgIpc) is 2.89. The summed E-state index contributed by atoms with van der Waals surface area (Å²) in [5.74, 6) is -0.0536. The summed E-state index contributed by atoms with van der Waals surface area (Å²) < 4.78 is 36.4. The minimum atomic E-state index is -4.80. The molecule has 1 N–H and O–H groups in total. The summed E-state index contributed by atoms with van der Waals surface area (Å²) in [6.45, 7) is 0. The molecule has 0 fully saturated rings. The van der Waals surface area contributed by atoms with Gasteiger partial charge in [0.2, 0.25) is 0 Å². The molecule has 20 heavy (non-hydrogen) atoms. The van der Waals surface area contributed by atoms with Crippen LogP contribution in [-0.2, 0) is 10.1 Å². The van der Waals surface area contributed by atoms with Crippen LogP contribution in [0.25, 0.3) is 5.69 Å². The van der Waals surface area contributed by atoms with E-state index in [9.17, 15) is 18.5 Å². The van der Waals surface area contributed by atoms with Gasteiger partial charge < -0.3 is 4.74 Å². The molecule has 0 saturated carbocycles. The summed E-state index contributed by atoms with van der Waals surface area (Å²) >= 11 is 0. The third-order valence-electron chi connectivity index (χ3n) is 2.30. The van der Waals surface area contributed by atoms with Crippen LogP contribution in [0.5, 0.6) is 5.75 Å². The van der Waals surface area contributed by atoms with E-state index in [0.29, 0.717) is 0 Å². The molecule has 0 radical (unpaired) electrons. The number of ether oxygens (including phenoxy) is 1. The lowest BCUT2D eigenvalue weighted by Gasteiger charge is -2.08. The van der Waals surface area contributed by atoms with Crippen molar-refractivity contribution in [1.29, 1.82) is 0 Å². The summed E-state index contributed by atoms with van der Waals surface area (Å²) in [5, 5.41) is 21.5. The molecular formula is C8H7N5O6S. The van der Waals surface area contributed by atoms with Crippen molar-refractivity contribution in [2.75, 3.05) is 7.11 Å². The maximum Gasteiger partial charge on any atom is 0.301 e. The monoisotopic (exact) mass is 301 g/mol. The minimum absolute atomic E-state index is 0.0248. The van der Waals surface area contributed by atoms with Gasteiger partial charge in [0.15, 0.2) is 17.0 Å². The first kappa shape index (κ1) is 13.8. The van der Waals surface area contributed by atoms with E-state index in [0.717, 1.165) is 23.3 Å². The van der Waals surface area contributed by atoms with Gasteiger partial charge in [0.1, 0.15) is 5.69 Å². The molecule has 2 rings (SSSR count). The van der Waals surface area contributed by atoms with E-state index in [-0.39, 0.29) is 11.4 Å². The van der Waals surface area contributed by atoms with Gasteiger partial charge in [-0.1, -0.05) is 0 Å². The number of aromatic nitrogens is 4. The summed E-state index contributed by atoms with van der Waals surface area (Å²) in [4.78, 5) is 9.91. The Morgan fingerprint density at radius 3 is 2.60 bits per heavy atom. The lowest BCUT2D eigenvalue weighted by Crippen LogP contribution is -2.08. The fraction of sp³-hybridized carbons (Fsp3) is 0.125. The highest BCUT2D eigenvalue weighted by molar-refractivity contribution is 7.86. The van der Waals surface area contributed by atoms with E-state index in [1.165, 1.54) is 7.11 Å². The standard InChI is InChI=1S/C8H7N5O6S/c1-19-7-2-6(13(14)15)8(20(16,17)18)3-5(7)12-10-4-9-11-12/h2-4H,1H3,(H,16,17,18). The quantitative estimate of drug-likeness (QED) is 0.460. The fourth-order valence-corrected chi connectivity index (χ4v) is 2.14. The van der Waals surface area contributed by atoms with Crippen LogP contribution >= 0.6 is 0 Å². The van der Waals surface area contributed by atoms with Crippen LogP contribution in [0.3, 0.4) is 0 Å². The fourth-order valence-electron chi connectivity index (χ4n) is 1.49. The van der Waals surface area contributed by atoms with Crippen molar-refractivity contribution in [3.8, 4) is 11.4 Å². The van der Waals surface area contributed by atoms with Gasteiger partial charge in [0.25, 0.3) is 5.69 Å². The van der Waals surface area contributed by atoms with Crippen LogP contribution in [-0.4, -0.2) is 45.2 Å². The Kier molecular flexibility index (Phi) is 3.33. The van der Waals surface area contributed by atoms with Gasteiger partial charge in [-0.3, -0.25) is 14.7 Å². The molecular weight excluding hydrogens is 294 g/mol. The van der Waals surface area contributed by atoms with Gasteiger partial charge in [-0.05, 0) is 11.3 Å². The van der Waals surface area contributed by atoms with Crippen molar-refractivity contribution in [2.24, 2.45) is 0 Å². The first-order chi connectivity index (χ1) is 9.34. The van der Waals surface area contributed by atoms with Crippen LogP contribution in [0, 0.1) is 10.1 Å². The third kappa shape index (κ3) is 2.41. The number of nitro groups is 1. The van der Waals surface area contributed by atoms with Crippen LogP contribution in [0.4, 0.5) is 5.69 Å². The maximum absolute atomic E-state index is 11.2. The third-order valence-corrected chi connectivity index (χ3v) is 3.18. The second-order valence-electron chi connectivity index (χ2n) is 3.45. The molecule has 0 aliphatic rings. The number of hydrogen-bond acceptors (Lipinski definition) is 8. The molecule has 0 aliphatic carbocycles. The summed E-state index contributed by atoms with van der Waals surface area (Å²) in [6, 6.07) is 1.68. The van der Waals surface area contributed by atoms with Crippen molar-refractivity contribution < 1.29 is 22.6 Å². The smallest absolute Gasteiger partial charge is 0.301 e. The zero-order valence-electron chi connectivity index (χ0n) is 9.86. The van der Waals surface area contributed by atoms with E-state index in [2.05, 4.69) is 15.4 Å². The van der Waals surface area contributed by atoms with E-state index in [1.807, 2.05) is 0 Å². The van der Waals surface area contributed by atoms with Crippen molar-refractivity contribution >= 4 is 15.8 Å². The van der Waals surface area contributed by atoms with Crippen molar-refractivity contribution in [3.63, 3.8) is 0 Å². The van der Waals surface area contributed by atoms with E-state index in [1.54, 1.807) is 0 Å². The van der Waals surface area contributed by atoms with Gasteiger partial charge in [-0.25, -0.2) is 0 Å². The molecule has 0 bridgehead atoms. The highest BCUT2D eigenvalue weighted by Crippen LogP contribution is 2.33. The Balaban J connectivity index is 2.81. The van der Waals surface area contributed by atoms with Crippen LogP contribution < -0.4 is 4.74 Å². The Labute approximate surface area is 111 Å². The average molecular weight is 301 g/mol. The minimum Gasteiger partial charge on any atom is -0.494 e. The molecule has 0 spiro atoms. The van der Waals surface area contributed by atoms with E-state index < -0.39 is 25.6 Å². The first-order valence-corrected chi connectivity index (χ1v) is 6.36. The van der Waals surface area contributed by atoms with Crippen molar-refractivity contribution in [3.05, 3.63) is 28.6 Å². The Hall–Kier alpha value is -2.60. The number of hydrogen-bond donors (Lipinski definition) is 1. The van der Waals surface area contributed by atoms with Gasteiger partial charge >= 0.3 is 10.1 Å². The lowest BCUT2D eigenvalue weighted by molar-refractivity contribution is -0.388. The predicted molar refractivity (Wildman–Crippen MR) is 62.2 cm³/mol. The summed E-state index contributed by atoms with van der Waals surface area (Å²) in [6.07, 6.45) is 1.08. The zero-order chi connectivity index (χ0) is 14.9. The molecule has 2 aromatic rings. The number of tetrazole rings is 1. The van der Waals surface area contributed by atoms with E-state index in [4.69, 9.17) is 9.29 Å². The molecule has 11 nitrogen and oxygen atoms in total. The topological polar surface area (TPSA) is 150 Å². The molecule has 0 unspecified atom stereocenters. The molecule has 1 heterocycles. The maximum atomic E-state index is 11.2. The van der Waals surface area contributed by atoms with E-state index >= 15 is 0 Å². The van der Waals surface area contributed by atoms with Crippen molar-refractivity contribution in [1.82, 2.24) is 20.2 Å². The Bertz CT molecular complexity index is 756. The molecule has 0 atom stereocenters. The van der Waals surface area contributed by atoms with Gasteiger partial charge in [-0.2, -0.15) is 8.42 Å². The van der Waals surface area contributed by atoms with Gasteiger partial charge in [-0.15, -0.1) is 15.0 Å². The zero-order valence-corrected chi connectivity index (χ0v) is 10.7. The summed E-state index contributed by atoms with van der Waals surface area (Å²) in [7, 11) is -3.57. The number of benzene rings is 1. The van der Waals surface area contributed by atoms with Crippen LogP contribution in [0.1, 0.15) is 0 Å². The molecule has 0 saturated heterocycles. The van der Waals surface area contributed by atoms with Gasteiger partial charge in [0, 0.05) is 0 Å². The van der Waals surface area contributed by atoms with Crippen LogP contribution in [0.15, 0.2) is 23.4 Å². The van der Waals surface area contributed by atoms with Crippen LogP contribution in [0.2, 0.25) is 0 Å². The van der Waals surface area contributed by atoms with Gasteiger partial charge in [0.05, 0.1) is 18.1 Å². The second-order valence-corrected chi connectivity index (χ2v) is 4.84. The van der Waals surface area contributed by atoms with Crippen molar-refractivity contribution in [2.45, 2.75) is 4.90 Å². The normalized spacial score (nSPS) is 11.3. The Morgan fingerprint density at radius 1 is 1.45 bits per heavy atom. The predicted octanol–water partition coefficient (Wildman–Crippen LogP) is -0.174. The molecule has 1 aromatic carbocycles. The Morgan fingerprint density at radius 2 is 2.15 bits per heavy atom. The molecule has 12 heteroatoms. The molecule has 106 valence electrons. The number of rotatable bonds is 4. The first-order valence-electron chi connectivity index (χ1n) is 4.92. The largest absolute Gasteiger partial charge is 0.494 e. The highest BCUT2D eigenvalue weighted by atomic mass is 32.2. The SMILES string of the molecule is COc1cc([N+](=O)[O-])c(S(=O)(=O)O)cc1-n1ncnn1. The molecule has 1 aromatic heterocycles. The number of methoxy groups -OCH3 is 1. The number of nitro benzene ring substituents is 1. The lowest BCUT2D eigenvalue weighted by atomic mass is 10.2. The molecule has 0 amide bonds. The number of nitrogens with zero attached hydrogens (tertiary/aromatic N) is 5. The second kappa shape index (κ2) is 4.82.